The van der Waals surface area contributed by atoms with Gasteiger partial charge in [0.15, 0.2) is 5.11 Å². The molecule has 0 spiro atoms. The molecule has 0 aromatic rings. The largest absolute Gasteiger partial charge is 0.385 e. The van der Waals surface area contributed by atoms with Crippen LogP contribution in [0.3, 0.4) is 0 Å². The van der Waals surface area contributed by atoms with Crippen molar-refractivity contribution in [3.05, 3.63) is 0 Å². The molecule has 0 fully saturated rings. The molecule has 0 bridgehead atoms. The van der Waals surface area contributed by atoms with Crippen molar-refractivity contribution in [2.75, 3.05) is 26.8 Å². The van der Waals surface area contributed by atoms with E-state index in [4.69, 9.17) is 17.0 Å². The lowest BCUT2D eigenvalue weighted by molar-refractivity contribution is 0.195. The Bertz CT molecular complexity index is 165. The van der Waals surface area contributed by atoms with Crippen LogP contribution in [0.4, 0.5) is 0 Å². The third-order valence-electron chi connectivity index (χ3n) is 2.38. The van der Waals surface area contributed by atoms with Crippen LogP contribution in [0.5, 0.6) is 0 Å². The summed E-state index contributed by atoms with van der Waals surface area (Å²) in [6, 6.07) is 0. The molecule has 0 unspecified atom stereocenters. The number of unbranched alkanes of at least 4 members (excludes halogenated alkanes) is 4. The van der Waals surface area contributed by atoms with Crippen LogP contribution in [0.2, 0.25) is 0 Å². The highest BCUT2D eigenvalue weighted by Crippen LogP contribution is 2.00. The molecule has 0 aliphatic rings. The minimum absolute atomic E-state index is 0.770. The van der Waals surface area contributed by atoms with Gasteiger partial charge in [-0.05, 0) is 25.1 Å². The summed E-state index contributed by atoms with van der Waals surface area (Å²) in [5.41, 5.74) is 0. The highest BCUT2D eigenvalue weighted by molar-refractivity contribution is 7.80. The predicted molar refractivity (Wildman–Crippen MR) is 73.9 cm³/mol. The second kappa shape index (κ2) is 12.7. The summed E-state index contributed by atoms with van der Waals surface area (Å²) in [5.74, 6) is 0. The molecule has 0 amide bonds. The van der Waals surface area contributed by atoms with E-state index in [0.717, 1.165) is 31.2 Å². The van der Waals surface area contributed by atoms with Crippen LogP contribution in [-0.2, 0) is 4.74 Å². The molecule has 0 aromatic carbocycles. The Morgan fingerprint density at radius 1 is 1.00 bits per heavy atom. The SMILES string of the molecule is CCCCCCCNC(=S)NCCCOC. The number of hydrogen-bond acceptors (Lipinski definition) is 2. The van der Waals surface area contributed by atoms with Crippen molar-refractivity contribution in [3.8, 4) is 0 Å². The molecule has 0 saturated carbocycles. The number of methoxy groups -OCH3 is 1. The second-order valence-corrected chi connectivity index (χ2v) is 4.35. The zero-order valence-electron chi connectivity index (χ0n) is 10.7. The summed E-state index contributed by atoms with van der Waals surface area (Å²) < 4.78 is 4.96. The van der Waals surface area contributed by atoms with E-state index in [1.54, 1.807) is 7.11 Å². The third kappa shape index (κ3) is 11.7. The summed E-state index contributed by atoms with van der Waals surface area (Å²) >= 11 is 5.14. The normalized spacial score (nSPS) is 10.1. The number of ether oxygens (including phenoxy) is 1. The summed E-state index contributed by atoms with van der Waals surface area (Å²) in [6.45, 7) is 4.89. The minimum Gasteiger partial charge on any atom is -0.385 e. The van der Waals surface area contributed by atoms with Crippen molar-refractivity contribution < 1.29 is 4.74 Å². The van der Waals surface area contributed by atoms with Gasteiger partial charge in [0.2, 0.25) is 0 Å². The van der Waals surface area contributed by atoms with Gasteiger partial charge in [0.1, 0.15) is 0 Å². The fourth-order valence-electron chi connectivity index (χ4n) is 1.41. The van der Waals surface area contributed by atoms with Crippen LogP contribution in [0.1, 0.15) is 45.4 Å². The Labute approximate surface area is 105 Å². The molecule has 2 N–H and O–H groups in total. The van der Waals surface area contributed by atoms with Gasteiger partial charge in [0, 0.05) is 26.8 Å². The first-order chi connectivity index (χ1) is 7.81. The molecule has 16 heavy (non-hydrogen) atoms. The first kappa shape index (κ1) is 15.7. The molecule has 3 nitrogen and oxygen atoms in total. The van der Waals surface area contributed by atoms with Crippen molar-refractivity contribution in [2.45, 2.75) is 45.4 Å². The van der Waals surface area contributed by atoms with Gasteiger partial charge in [0.25, 0.3) is 0 Å². The van der Waals surface area contributed by atoms with E-state index >= 15 is 0 Å². The Kier molecular flexibility index (Phi) is 12.4. The van der Waals surface area contributed by atoms with E-state index in [9.17, 15) is 0 Å². The van der Waals surface area contributed by atoms with Crippen LogP contribution in [0, 0.1) is 0 Å². The molecule has 0 heterocycles. The van der Waals surface area contributed by atoms with Gasteiger partial charge in [-0.1, -0.05) is 32.6 Å². The van der Waals surface area contributed by atoms with E-state index in [1.807, 2.05) is 0 Å². The van der Waals surface area contributed by atoms with Gasteiger partial charge < -0.3 is 15.4 Å². The lowest BCUT2D eigenvalue weighted by atomic mass is 10.1. The minimum atomic E-state index is 0.770. The number of hydrogen-bond donors (Lipinski definition) is 2. The average Bonchev–Trinajstić information content (AvgIpc) is 2.29. The monoisotopic (exact) mass is 246 g/mol. The fraction of sp³-hybridized carbons (Fsp3) is 0.917. The molecule has 0 aromatic heterocycles. The van der Waals surface area contributed by atoms with Crippen molar-refractivity contribution in [1.82, 2.24) is 10.6 Å². The zero-order chi connectivity index (χ0) is 12.1. The Hall–Kier alpha value is -0.350. The molecular weight excluding hydrogens is 220 g/mol. The molecule has 0 aliphatic heterocycles. The van der Waals surface area contributed by atoms with Crippen LogP contribution in [-0.4, -0.2) is 31.9 Å². The van der Waals surface area contributed by atoms with Crippen LogP contribution >= 0.6 is 12.2 Å². The highest BCUT2D eigenvalue weighted by atomic mass is 32.1. The molecule has 0 aliphatic carbocycles. The van der Waals surface area contributed by atoms with E-state index in [-0.39, 0.29) is 0 Å². The van der Waals surface area contributed by atoms with Crippen LogP contribution in [0.15, 0.2) is 0 Å². The van der Waals surface area contributed by atoms with Gasteiger partial charge in [-0.2, -0.15) is 0 Å². The lowest BCUT2D eigenvalue weighted by Crippen LogP contribution is -2.36. The maximum Gasteiger partial charge on any atom is 0.166 e. The quantitative estimate of drug-likeness (QED) is 0.458. The third-order valence-corrected chi connectivity index (χ3v) is 2.67. The Morgan fingerprint density at radius 3 is 2.25 bits per heavy atom. The van der Waals surface area contributed by atoms with Crippen LogP contribution in [0.25, 0.3) is 0 Å². The van der Waals surface area contributed by atoms with Crippen molar-refractivity contribution >= 4 is 17.3 Å². The van der Waals surface area contributed by atoms with Gasteiger partial charge in [0.05, 0.1) is 0 Å². The average molecular weight is 246 g/mol. The van der Waals surface area contributed by atoms with E-state index < -0.39 is 0 Å². The second-order valence-electron chi connectivity index (χ2n) is 3.94. The number of thiocarbonyl (C=S) groups is 1. The highest BCUT2D eigenvalue weighted by Gasteiger charge is 1.94. The lowest BCUT2D eigenvalue weighted by Gasteiger charge is -2.09. The van der Waals surface area contributed by atoms with Crippen molar-refractivity contribution in [1.29, 1.82) is 0 Å². The Morgan fingerprint density at radius 2 is 1.62 bits per heavy atom. The van der Waals surface area contributed by atoms with E-state index in [2.05, 4.69) is 17.6 Å². The van der Waals surface area contributed by atoms with Gasteiger partial charge in [-0.3, -0.25) is 0 Å². The molecule has 4 heteroatoms. The van der Waals surface area contributed by atoms with Crippen LogP contribution < -0.4 is 10.6 Å². The summed E-state index contributed by atoms with van der Waals surface area (Å²) in [4.78, 5) is 0. The molecular formula is C12H26N2OS. The number of nitrogens with one attached hydrogen (secondary N) is 2. The summed E-state index contributed by atoms with van der Waals surface area (Å²) in [7, 11) is 1.72. The zero-order valence-corrected chi connectivity index (χ0v) is 11.5. The molecule has 0 rings (SSSR count). The van der Waals surface area contributed by atoms with Gasteiger partial charge in [-0.15, -0.1) is 0 Å². The maximum absolute atomic E-state index is 5.14. The predicted octanol–water partition coefficient (Wildman–Crippen LogP) is 2.46. The summed E-state index contributed by atoms with van der Waals surface area (Å²) in [6.07, 6.45) is 7.49. The van der Waals surface area contributed by atoms with E-state index in [0.29, 0.717) is 0 Å². The summed E-state index contributed by atoms with van der Waals surface area (Å²) in [5, 5.41) is 7.15. The molecule has 0 saturated heterocycles. The van der Waals surface area contributed by atoms with E-state index in [1.165, 1.54) is 32.1 Å². The topological polar surface area (TPSA) is 33.3 Å². The molecule has 0 atom stereocenters. The van der Waals surface area contributed by atoms with Gasteiger partial charge >= 0.3 is 0 Å². The maximum atomic E-state index is 5.14. The molecule has 0 radical (unpaired) electrons. The Balaban J connectivity index is 3.11. The van der Waals surface area contributed by atoms with Crippen molar-refractivity contribution in [2.24, 2.45) is 0 Å². The smallest absolute Gasteiger partial charge is 0.166 e. The number of rotatable bonds is 10. The molecule has 96 valence electrons. The first-order valence-corrected chi connectivity index (χ1v) is 6.72. The fourth-order valence-corrected chi connectivity index (χ4v) is 1.62. The van der Waals surface area contributed by atoms with Gasteiger partial charge in [-0.25, -0.2) is 0 Å². The van der Waals surface area contributed by atoms with Crippen molar-refractivity contribution in [3.63, 3.8) is 0 Å². The first-order valence-electron chi connectivity index (χ1n) is 6.32. The standard InChI is InChI=1S/C12H26N2OS/c1-3-4-5-6-7-9-13-12(16)14-10-8-11-15-2/h3-11H2,1-2H3,(H2,13,14,16).